The van der Waals surface area contributed by atoms with Gasteiger partial charge in [0.1, 0.15) is 0 Å². The lowest BCUT2D eigenvalue weighted by molar-refractivity contribution is -0.141. The standard InChI is InChI=1S/C19H27NO3/c1-14(2)17-9-6-16(7-10-17)8-11-18(21)20(15(3)4)13-12-19(22)23-5/h6-11,14-15H,12-13H2,1-5H3/b11-8+. The summed E-state index contributed by atoms with van der Waals surface area (Å²) in [6.07, 6.45) is 3.57. The van der Waals surface area contributed by atoms with Gasteiger partial charge in [0.15, 0.2) is 0 Å². The van der Waals surface area contributed by atoms with E-state index in [0.29, 0.717) is 12.5 Å². The minimum absolute atomic E-state index is 0.0279. The average Bonchev–Trinajstić information content (AvgIpc) is 2.52. The molecule has 4 heteroatoms. The van der Waals surface area contributed by atoms with Crippen molar-refractivity contribution >= 4 is 18.0 Å². The van der Waals surface area contributed by atoms with Crippen molar-refractivity contribution in [3.05, 3.63) is 41.5 Å². The van der Waals surface area contributed by atoms with Gasteiger partial charge >= 0.3 is 5.97 Å². The van der Waals surface area contributed by atoms with Crippen molar-refractivity contribution in [1.82, 2.24) is 4.90 Å². The third-order valence-electron chi connectivity index (χ3n) is 3.71. The number of esters is 1. The second-order valence-corrected chi connectivity index (χ2v) is 6.11. The molecule has 0 saturated carbocycles. The molecule has 0 aliphatic carbocycles. The number of hydrogen-bond acceptors (Lipinski definition) is 3. The monoisotopic (exact) mass is 317 g/mol. The van der Waals surface area contributed by atoms with Gasteiger partial charge in [-0.15, -0.1) is 0 Å². The number of hydrogen-bond donors (Lipinski definition) is 0. The van der Waals surface area contributed by atoms with Crippen molar-refractivity contribution in [2.24, 2.45) is 0 Å². The summed E-state index contributed by atoms with van der Waals surface area (Å²) < 4.78 is 4.62. The molecule has 4 nitrogen and oxygen atoms in total. The zero-order valence-corrected chi connectivity index (χ0v) is 14.7. The number of carbonyl (C=O) groups is 2. The summed E-state index contributed by atoms with van der Waals surface area (Å²) in [7, 11) is 1.35. The highest BCUT2D eigenvalue weighted by atomic mass is 16.5. The third kappa shape index (κ3) is 6.27. The summed E-state index contributed by atoms with van der Waals surface area (Å²) >= 11 is 0. The van der Waals surface area contributed by atoms with E-state index < -0.39 is 0 Å². The predicted octanol–water partition coefficient (Wildman–Crippen LogP) is 3.62. The Bertz CT molecular complexity index is 544. The zero-order valence-electron chi connectivity index (χ0n) is 14.7. The summed E-state index contributed by atoms with van der Waals surface area (Å²) in [5, 5.41) is 0. The SMILES string of the molecule is COC(=O)CCN(C(=O)/C=C/c1ccc(C(C)C)cc1)C(C)C. The molecule has 126 valence electrons. The van der Waals surface area contributed by atoms with E-state index in [1.54, 1.807) is 17.1 Å². The smallest absolute Gasteiger partial charge is 0.307 e. The molecular formula is C19H27NO3. The van der Waals surface area contributed by atoms with Crippen molar-refractivity contribution in [3.8, 4) is 0 Å². The molecule has 1 amide bonds. The first kappa shape index (κ1) is 18.9. The topological polar surface area (TPSA) is 46.6 Å². The van der Waals surface area contributed by atoms with E-state index in [1.165, 1.54) is 12.7 Å². The molecule has 0 N–H and O–H groups in total. The van der Waals surface area contributed by atoms with Gasteiger partial charge in [-0.05, 0) is 37.0 Å². The second kappa shape index (κ2) is 9.13. The van der Waals surface area contributed by atoms with Gasteiger partial charge in [0.25, 0.3) is 0 Å². The minimum atomic E-state index is -0.309. The predicted molar refractivity (Wildman–Crippen MR) is 93.0 cm³/mol. The quantitative estimate of drug-likeness (QED) is 0.570. The number of rotatable bonds is 7. The molecule has 0 bridgehead atoms. The molecule has 23 heavy (non-hydrogen) atoms. The van der Waals surface area contributed by atoms with Crippen LogP contribution in [-0.2, 0) is 14.3 Å². The van der Waals surface area contributed by atoms with E-state index in [1.807, 2.05) is 26.0 Å². The molecule has 0 spiro atoms. The van der Waals surface area contributed by atoms with Crippen LogP contribution in [0.1, 0.15) is 51.2 Å². The van der Waals surface area contributed by atoms with Crippen LogP contribution < -0.4 is 0 Å². The summed E-state index contributed by atoms with van der Waals surface area (Å²) in [4.78, 5) is 25.2. The van der Waals surface area contributed by atoms with Crippen LogP contribution in [0.3, 0.4) is 0 Å². The van der Waals surface area contributed by atoms with Gasteiger partial charge in [-0.3, -0.25) is 9.59 Å². The molecule has 0 atom stereocenters. The molecule has 0 aliphatic heterocycles. The lowest BCUT2D eigenvalue weighted by atomic mass is 10.0. The fraction of sp³-hybridized carbons (Fsp3) is 0.474. The van der Waals surface area contributed by atoms with Crippen molar-refractivity contribution in [3.63, 3.8) is 0 Å². The van der Waals surface area contributed by atoms with Crippen LogP contribution in [0.15, 0.2) is 30.3 Å². The summed E-state index contributed by atoms with van der Waals surface area (Å²) in [6, 6.07) is 8.19. The molecule has 0 aliphatic rings. The van der Waals surface area contributed by atoms with Crippen LogP contribution in [0.2, 0.25) is 0 Å². The number of nitrogens with zero attached hydrogens (tertiary/aromatic N) is 1. The van der Waals surface area contributed by atoms with Gasteiger partial charge in [0.2, 0.25) is 5.91 Å². The van der Waals surface area contributed by atoms with E-state index in [9.17, 15) is 9.59 Å². The zero-order chi connectivity index (χ0) is 17.4. The van der Waals surface area contributed by atoms with E-state index >= 15 is 0 Å². The van der Waals surface area contributed by atoms with E-state index in [0.717, 1.165) is 5.56 Å². The van der Waals surface area contributed by atoms with Crippen molar-refractivity contribution in [1.29, 1.82) is 0 Å². The van der Waals surface area contributed by atoms with Gasteiger partial charge in [0, 0.05) is 18.7 Å². The lowest BCUT2D eigenvalue weighted by Crippen LogP contribution is -2.37. The number of amides is 1. The van der Waals surface area contributed by atoms with E-state index in [4.69, 9.17) is 0 Å². The van der Waals surface area contributed by atoms with Gasteiger partial charge in [-0.2, -0.15) is 0 Å². The fourth-order valence-corrected chi connectivity index (χ4v) is 2.19. The number of carbonyl (C=O) groups excluding carboxylic acids is 2. The third-order valence-corrected chi connectivity index (χ3v) is 3.71. The van der Waals surface area contributed by atoms with Crippen LogP contribution in [0.25, 0.3) is 6.08 Å². The van der Waals surface area contributed by atoms with Crippen molar-refractivity contribution in [2.75, 3.05) is 13.7 Å². The van der Waals surface area contributed by atoms with Gasteiger partial charge in [-0.25, -0.2) is 0 Å². The maximum Gasteiger partial charge on any atom is 0.307 e. The molecule has 1 rings (SSSR count). The number of benzene rings is 1. The summed E-state index contributed by atoms with van der Waals surface area (Å²) in [6.45, 7) is 8.52. The van der Waals surface area contributed by atoms with Crippen LogP contribution in [0, 0.1) is 0 Å². The van der Waals surface area contributed by atoms with E-state index in [2.05, 4.69) is 30.7 Å². The highest BCUT2D eigenvalue weighted by Crippen LogP contribution is 2.15. The molecule has 1 aromatic rings. The Morgan fingerprint density at radius 2 is 1.74 bits per heavy atom. The molecule has 0 radical (unpaired) electrons. The molecule has 0 fully saturated rings. The first-order valence-corrected chi connectivity index (χ1v) is 8.00. The summed E-state index contributed by atoms with van der Waals surface area (Å²) in [5.74, 6) is 0.0814. The summed E-state index contributed by atoms with van der Waals surface area (Å²) in [5.41, 5.74) is 2.26. The van der Waals surface area contributed by atoms with Crippen LogP contribution in [0.4, 0.5) is 0 Å². The van der Waals surface area contributed by atoms with Gasteiger partial charge < -0.3 is 9.64 Å². The van der Waals surface area contributed by atoms with Crippen molar-refractivity contribution < 1.29 is 14.3 Å². The van der Waals surface area contributed by atoms with Crippen LogP contribution >= 0.6 is 0 Å². The largest absolute Gasteiger partial charge is 0.469 e. The maximum atomic E-state index is 12.3. The van der Waals surface area contributed by atoms with Crippen molar-refractivity contribution in [2.45, 2.75) is 46.1 Å². The molecule has 0 saturated heterocycles. The Labute approximate surface area is 139 Å². The number of ether oxygens (including phenoxy) is 1. The minimum Gasteiger partial charge on any atom is -0.469 e. The molecule has 1 aromatic carbocycles. The Morgan fingerprint density at radius 3 is 2.22 bits per heavy atom. The highest BCUT2D eigenvalue weighted by molar-refractivity contribution is 5.92. The Morgan fingerprint density at radius 1 is 1.13 bits per heavy atom. The average molecular weight is 317 g/mol. The fourth-order valence-electron chi connectivity index (χ4n) is 2.19. The van der Waals surface area contributed by atoms with Gasteiger partial charge in [-0.1, -0.05) is 38.1 Å². The molecule has 0 heterocycles. The Balaban J connectivity index is 2.71. The maximum absolute atomic E-state index is 12.3. The Kier molecular flexibility index (Phi) is 7.52. The highest BCUT2D eigenvalue weighted by Gasteiger charge is 2.16. The lowest BCUT2D eigenvalue weighted by Gasteiger charge is -2.25. The molecule has 0 aromatic heterocycles. The molecule has 0 unspecified atom stereocenters. The second-order valence-electron chi connectivity index (χ2n) is 6.11. The van der Waals surface area contributed by atoms with E-state index in [-0.39, 0.29) is 24.3 Å². The number of methoxy groups -OCH3 is 1. The first-order chi connectivity index (χ1) is 10.8. The van der Waals surface area contributed by atoms with Crippen LogP contribution in [0.5, 0.6) is 0 Å². The first-order valence-electron chi connectivity index (χ1n) is 8.00. The molecular weight excluding hydrogens is 290 g/mol. The Hall–Kier alpha value is -2.10. The van der Waals surface area contributed by atoms with Gasteiger partial charge in [0.05, 0.1) is 13.5 Å². The van der Waals surface area contributed by atoms with Crippen LogP contribution in [-0.4, -0.2) is 36.5 Å². The normalized spacial score (nSPS) is 11.3.